The number of hydrogen-bond donors (Lipinski definition) is 2. The van der Waals surface area contributed by atoms with Gasteiger partial charge in [-0.1, -0.05) is 6.07 Å². The summed E-state index contributed by atoms with van der Waals surface area (Å²) in [6.45, 7) is -0.939. The zero-order valence-electron chi connectivity index (χ0n) is 14.2. The van der Waals surface area contributed by atoms with Crippen molar-refractivity contribution in [2.24, 2.45) is 0 Å². The van der Waals surface area contributed by atoms with Gasteiger partial charge >= 0.3 is 5.97 Å². The van der Waals surface area contributed by atoms with Crippen molar-refractivity contribution in [3.8, 4) is 5.75 Å². The van der Waals surface area contributed by atoms with Crippen LogP contribution in [0, 0.1) is 0 Å². The van der Waals surface area contributed by atoms with Crippen LogP contribution in [0.15, 0.2) is 24.3 Å². The molecule has 0 saturated carbocycles. The predicted octanol–water partition coefficient (Wildman–Crippen LogP) is -0.728. The molecule has 1 aliphatic heterocycles. The number of ether oxygens (including phenoxy) is 2. The van der Waals surface area contributed by atoms with Crippen LogP contribution in [0.2, 0.25) is 0 Å². The maximum absolute atomic E-state index is 11.9. The largest absolute Gasteiger partial charge is 0.497 e. The minimum absolute atomic E-state index is 0.0358. The lowest BCUT2D eigenvalue weighted by molar-refractivity contribution is -0.147. The average Bonchev–Trinajstić information content (AvgIpc) is 2.96. The van der Waals surface area contributed by atoms with Gasteiger partial charge in [-0.15, -0.1) is 0 Å². The third kappa shape index (κ3) is 6.03. The Morgan fingerprint density at radius 3 is 2.69 bits per heavy atom. The Kier molecular flexibility index (Phi) is 6.56. The van der Waals surface area contributed by atoms with E-state index in [9.17, 15) is 22.8 Å². The molecule has 0 radical (unpaired) electrons. The van der Waals surface area contributed by atoms with E-state index < -0.39 is 46.8 Å². The first kappa shape index (κ1) is 19.7. The van der Waals surface area contributed by atoms with Crippen LogP contribution in [0.4, 0.5) is 0 Å². The Labute approximate surface area is 151 Å². The lowest BCUT2D eigenvalue weighted by Gasteiger charge is -2.11. The van der Waals surface area contributed by atoms with Crippen LogP contribution in [-0.4, -0.2) is 64.0 Å². The molecule has 0 unspecified atom stereocenters. The summed E-state index contributed by atoms with van der Waals surface area (Å²) in [7, 11) is -1.63. The van der Waals surface area contributed by atoms with Crippen LogP contribution >= 0.6 is 0 Å². The Hall–Kier alpha value is -2.62. The number of carbonyl (C=O) groups is 3. The monoisotopic (exact) mass is 384 g/mol. The third-order valence-corrected chi connectivity index (χ3v) is 5.45. The SMILES string of the molecule is COc1cccc(C(=O)NCC(=O)OCC(=O)N[C@@H]2CCS(=O)(=O)C2)c1. The highest BCUT2D eigenvalue weighted by atomic mass is 32.2. The molecule has 10 heteroatoms. The summed E-state index contributed by atoms with van der Waals surface area (Å²) in [5.74, 6) is -1.42. The fourth-order valence-corrected chi connectivity index (χ4v) is 4.07. The van der Waals surface area contributed by atoms with Crippen molar-refractivity contribution in [1.29, 1.82) is 0 Å². The van der Waals surface area contributed by atoms with Gasteiger partial charge in [0.2, 0.25) is 0 Å². The molecule has 2 N–H and O–H groups in total. The van der Waals surface area contributed by atoms with Gasteiger partial charge < -0.3 is 20.1 Å². The molecule has 1 aromatic rings. The van der Waals surface area contributed by atoms with Gasteiger partial charge in [0.15, 0.2) is 16.4 Å². The van der Waals surface area contributed by atoms with Gasteiger partial charge in [-0.05, 0) is 24.6 Å². The van der Waals surface area contributed by atoms with Crippen LogP contribution in [0.5, 0.6) is 5.75 Å². The number of sulfone groups is 1. The van der Waals surface area contributed by atoms with E-state index in [1.54, 1.807) is 18.2 Å². The normalized spacial score (nSPS) is 18.0. The summed E-state index contributed by atoms with van der Waals surface area (Å²) < 4.78 is 32.4. The first-order valence-corrected chi connectivity index (χ1v) is 9.69. The molecule has 1 heterocycles. The summed E-state index contributed by atoms with van der Waals surface area (Å²) in [6.07, 6.45) is 0.346. The maximum Gasteiger partial charge on any atom is 0.325 e. The van der Waals surface area contributed by atoms with Crippen LogP contribution in [0.1, 0.15) is 16.8 Å². The molecule has 1 aromatic carbocycles. The summed E-state index contributed by atoms with van der Waals surface area (Å²) in [4.78, 5) is 35.2. The van der Waals surface area contributed by atoms with Gasteiger partial charge in [0, 0.05) is 11.6 Å². The number of benzene rings is 1. The standard InChI is InChI=1S/C16H20N2O7S/c1-24-13-4-2-3-11(7-13)16(21)17-8-15(20)25-9-14(19)18-12-5-6-26(22,23)10-12/h2-4,7,12H,5-6,8-10H2,1H3,(H,17,21)(H,18,19)/t12-/m1/s1. The Morgan fingerprint density at radius 2 is 2.04 bits per heavy atom. The number of rotatable bonds is 7. The quantitative estimate of drug-likeness (QED) is 0.593. The van der Waals surface area contributed by atoms with Gasteiger partial charge in [0.1, 0.15) is 12.3 Å². The molecule has 9 nitrogen and oxygen atoms in total. The molecule has 0 aliphatic carbocycles. The number of esters is 1. The number of nitrogens with one attached hydrogen (secondary N) is 2. The topological polar surface area (TPSA) is 128 Å². The highest BCUT2D eigenvalue weighted by Crippen LogP contribution is 2.12. The lowest BCUT2D eigenvalue weighted by atomic mass is 10.2. The average molecular weight is 384 g/mol. The maximum atomic E-state index is 11.9. The minimum Gasteiger partial charge on any atom is -0.497 e. The molecule has 1 fully saturated rings. The fourth-order valence-electron chi connectivity index (χ4n) is 2.39. The van der Waals surface area contributed by atoms with E-state index in [0.717, 1.165) is 0 Å². The van der Waals surface area contributed by atoms with E-state index in [4.69, 9.17) is 9.47 Å². The van der Waals surface area contributed by atoms with Crippen LogP contribution in [0.25, 0.3) is 0 Å². The van der Waals surface area contributed by atoms with Crippen molar-refractivity contribution >= 4 is 27.6 Å². The molecular weight excluding hydrogens is 364 g/mol. The number of hydrogen-bond acceptors (Lipinski definition) is 7. The van der Waals surface area contributed by atoms with Gasteiger partial charge in [-0.25, -0.2) is 8.42 Å². The Balaban J connectivity index is 1.70. The van der Waals surface area contributed by atoms with Crippen molar-refractivity contribution in [2.45, 2.75) is 12.5 Å². The predicted molar refractivity (Wildman–Crippen MR) is 91.5 cm³/mol. The molecule has 26 heavy (non-hydrogen) atoms. The van der Waals surface area contributed by atoms with Crippen molar-refractivity contribution in [3.05, 3.63) is 29.8 Å². The second-order valence-electron chi connectivity index (χ2n) is 5.74. The molecule has 2 amide bonds. The van der Waals surface area contributed by atoms with Crippen LogP contribution in [0.3, 0.4) is 0 Å². The molecule has 2 rings (SSSR count). The van der Waals surface area contributed by atoms with E-state index in [1.807, 2.05) is 0 Å². The van der Waals surface area contributed by atoms with E-state index in [1.165, 1.54) is 13.2 Å². The molecule has 1 aliphatic rings. The van der Waals surface area contributed by atoms with Gasteiger partial charge in [0.05, 0.1) is 18.6 Å². The Morgan fingerprint density at radius 1 is 1.27 bits per heavy atom. The molecule has 0 spiro atoms. The molecule has 1 atom stereocenters. The lowest BCUT2D eigenvalue weighted by Crippen LogP contribution is -2.39. The summed E-state index contributed by atoms with van der Waals surface area (Å²) in [5.41, 5.74) is 0.317. The van der Waals surface area contributed by atoms with E-state index >= 15 is 0 Å². The molecule has 0 aromatic heterocycles. The van der Waals surface area contributed by atoms with Crippen LogP contribution < -0.4 is 15.4 Å². The molecule has 142 valence electrons. The van der Waals surface area contributed by atoms with Crippen molar-refractivity contribution in [3.63, 3.8) is 0 Å². The van der Waals surface area contributed by atoms with Crippen molar-refractivity contribution < 1.29 is 32.3 Å². The number of amides is 2. The summed E-state index contributed by atoms with van der Waals surface area (Å²) in [5, 5.41) is 4.87. The van der Waals surface area contributed by atoms with Gasteiger partial charge in [-0.3, -0.25) is 14.4 Å². The first-order chi connectivity index (χ1) is 12.3. The third-order valence-electron chi connectivity index (χ3n) is 3.69. The Bertz CT molecular complexity index is 792. The molecule has 0 bridgehead atoms. The highest BCUT2D eigenvalue weighted by Gasteiger charge is 2.29. The molecule has 1 saturated heterocycles. The van der Waals surface area contributed by atoms with E-state index in [2.05, 4.69) is 10.6 Å². The minimum atomic E-state index is -3.10. The van der Waals surface area contributed by atoms with Crippen LogP contribution in [-0.2, 0) is 24.2 Å². The number of carbonyl (C=O) groups excluding carboxylic acids is 3. The van der Waals surface area contributed by atoms with E-state index in [0.29, 0.717) is 17.7 Å². The highest BCUT2D eigenvalue weighted by molar-refractivity contribution is 7.91. The first-order valence-electron chi connectivity index (χ1n) is 7.87. The molecular formula is C16H20N2O7S. The summed E-state index contributed by atoms with van der Waals surface area (Å²) >= 11 is 0. The number of methoxy groups -OCH3 is 1. The smallest absolute Gasteiger partial charge is 0.325 e. The van der Waals surface area contributed by atoms with E-state index in [-0.39, 0.29) is 11.5 Å². The fraction of sp³-hybridized carbons (Fsp3) is 0.438. The van der Waals surface area contributed by atoms with Gasteiger partial charge in [0.25, 0.3) is 11.8 Å². The summed E-state index contributed by atoms with van der Waals surface area (Å²) in [6, 6.07) is 5.94. The van der Waals surface area contributed by atoms with Gasteiger partial charge in [-0.2, -0.15) is 0 Å². The van der Waals surface area contributed by atoms with Crippen molar-refractivity contribution in [2.75, 3.05) is 31.8 Å². The van der Waals surface area contributed by atoms with Crippen molar-refractivity contribution in [1.82, 2.24) is 10.6 Å². The zero-order chi connectivity index (χ0) is 19.2. The second kappa shape index (κ2) is 8.65. The zero-order valence-corrected chi connectivity index (χ0v) is 15.0. The second-order valence-corrected chi connectivity index (χ2v) is 7.97.